The molecule has 0 spiro atoms. The molecule has 5 N–H and O–H groups in total. The van der Waals surface area contributed by atoms with Crippen molar-refractivity contribution in [3.8, 4) is 0 Å². The molecule has 0 saturated carbocycles. The van der Waals surface area contributed by atoms with Crippen LogP contribution in [0.15, 0.2) is 30.3 Å². The van der Waals surface area contributed by atoms with Crippen LogP contribution in [0.4, 0.5) is 0 Å². The first kappa shape index (κ1) is 25.9. The fraction of sp³-hybridized carbons (Fsp3) is 0.684. The summed E-state index contributed by atoms with van der Waals surface area (Å²) in [5.74, 6) is 0. The van der Waals surface area contributed by atoms with Gasteiger partial charge < -0.3 is 0 Å². The maximum atomic E-state index is 11.2. The molecular weight excluding hydrogens is 515 g/mol. The van der Waals surface area contributed by atoms with Crippen molar-refractivity contribution < 1.29 is 52.2 Å². The van der Waals surface area contributed by atoms with Crippen LogP contribution in [0.2, 0.25) is 15.0 Å². The number of ether oxygens (including phenoxy) is 2. The number of aliphatic hydroxyl groups is 5. The standard InChI is InChI=1S/C19H28O11SSe/c1-19(10-20)17(24)12(21)8-32(19)9-13-16(30-31(25,26)27)14(22)15(23)18(29-13)28-7-11-5-3-2-4-6-11/h2-6,12-18,20-24H,7-10H2,1H3/t12-,13-,14-,15-,16+,17+,18-,19-,32?/m1/s1. The average Bonchev–Trinajstić information content (AvgIpc) is 2.96. The number of rotatable bonds is 8. The van der Waals surface area contributed by atoms with Gasteiger partial charge in [-0.1, -0.05) is 0 Å². The number of benzene rings is 1. The molecule has 2 fully saturated rings. The first-order valence-electron chi connectivity index (χ1n) is 9.92. The van der Waals surface area contributed by atoms with Gasteiger partial charge in [0.05, 0.1) is 0 Å². The van der Waals surface area contributed by atoms with Gasteiger partial charge in [0.2, 0.25) is 0 Å². The molecule has 1 aromatic rings. The van der Waals surface area contributed by atoms with Crippen molar-refractivity contribution in [2.24, 2.45) is 0 Å². The van der Waals surface area contributed by atoms with Crippen LogP contribution in [0.25, 0.3) is 0 Å². The molecule has 0 aromatic heterocycles. The van der Waals surface area contributed by atoms with Crippen molar-refractivity contribution in [2.75, 3.05) is 6.61 Å². The third-order valence-electron chi connectivity index (χ3n) is 5.83. The zero-order valence-electron chi connectivity index (χ0n) is 17.3. The van der Waals surface area contributed by atoms with E-state index in [1.54, 1.807) is 31.2 Å². The Bertz CT molecular complexity index is 856. The monoisotopic (exact) mass is 544 g/mol. The van der Waals surface area contributed by atoms with Crippen molar-refractivity contribution in [2.45, 2.75) is 71.4 Å². The number of hydrogen-bond donors (Lipinski definition) is 5. The molecule has 1 unspecified atom stereocenters. The summed E-state index contributed by atoms with van der Waals surface area (Å²) in [5.41, 5.74) is 0.762. The summed E-state index contributed by atoms with van der Waals surface area (Å²) in [6, 6.07) is 8.94. The van der Waals surface area contributed by atoms with Gasteiger partial charge in [0.15, 0.2) is 0 Å². The van der Waals surface area contributed by atoms with Gasteiger partial charge in [0.1, 0.15) is 0 Å². The van der Waals surface area contributed by atoms with E-state index in [0.29, 0.717) is 0 Å². The Morgan fingerprint density at radius 1 is 1.19 bits per heavy atom. The number of aliphatic hydroxyl groups excluding tert-OH is 5. The van der Waals surface area contributed by atoms with Crippen molar-refractivity contribution in [3.05, 3.63) is 35.9 Å². The fourth-order valence-corrected chi connectivity index (χ4v) is 10.4. The van der Waals surface area contributed by atoms with E-state index < -0.39 is 78.1 Å². The molecule has 0 radical (unpaired) electrons. The topological polar surface area (TPSA) is 186 Å². The average molecular weight is 543 g/mol. The van der Waals surface area contributed by atoms with Gasteiger partial charge in [-0.05, 0) is 0 Å². The van der Waals surface area contributed by atoms with E-state index >= 15 is 0 Å². The molecule has 2 saturated heterocycles. The van der Waals surface area contributed by atoms with Gasteiger partial charge in [0, 0.05) is 0 Å². The predicted molar refractivity (Wildman–Crippen MR) is 109 cm³/mol. The zero-order valence-corrected chi connectivity index (χ0v) is 19.8. The molecule has 2 heterocycles. The number of hydrogen-bond acceptors (Lipinski definition) is 11. The van der Waals surface area contributed by atoms with Gasteiger partial charge in [0.25, 0.3) is 0 Å². The Hall–Kier alpha value is -0.671. The SMILES string of the molecule is C[C@@]1(CO)[C@@H](O)[C@H](O)C[Se+]1C[C@H]1O[C@@H](OCc2ccccc2)[C@H](O)[C@@H](O)[C@H]1OS(=O)(=O)[O-]. The summed E-state index contributed by atoms with van der Waals surface area (Å²) >= 11 is -2.09. The molecule has 0 bridgehead atoms. The van der Waals surface area contributed by atoms with Crippen molar-refractivity contribution in [1.82, 2.24) is 0 Å². The van der Waals surface area contributed by atoms with Gasteiger partial charge in [-0.2, -0.15) is 0 Å². The van der Waals surface area contributed by atoms with Gasteiger partial charge in [-0.15, -0.1) is 0 Å². The van der Waals surface area contributed by atoms with Crippen LogP contribution in [0.1, 0.15) is 12.5 Å². The third kappa shape index (κ3) is 5.69. The van der Waals surface area contributed by atoms with E-state index in [4.69, 9.17) is 9.47 Å². The molecule has 1 aromatic carbocycles. The molecule has 0 aliphatic carbocycles. The Balaban J connectivity index is 1.81. The summed E-state index contributed by atoms with van der Waals surface area (Å²) in [7, 11) is -5.25. The quantitative estimate of drug-likeness (QED) is 0.146. The zero-order chi connectivity index (χ0) is 23.7. The molecule has 2 aliphatic rings. The van der Waals surface area contributed by atoms with Gasteiger partial charge >= 0.3 is 190 Å². The molecule has 11 nitrogen and oxygen atoms in total. The first-order valence-corrected chi connectivity index (χ1v) is 14.5. The van der Waals surface area contributed by atoms with Crippen LogP contribution in [0.3, 0.4) is 0 Å². The fourth-order valence-electron chi connectivity index (χ4n) is 3.89. The predicted octanol–water partition coefficient (Wildman–Crippen LogP) is -1.52. The summed E-state index contributed by atoms with van der Waals surface area (Å²) in [6.07, 6.45) is -10.1. The van der Waals surface area contributed by atoms with Crippen LogP contribution in [0.5, 0.6) is 0 Å². The van der Waals surface area contributed by atoms with Gasteiger partial charge in [-0.3, -0.25) is 0 Å². The van der Waals surface area contributed by atoms with E-state index in [1.165, 1.54) is 0 Å². The van der Waals surface area contributed by atoms with E-state index in [2.05, 4.69) is 4.18 Å². The minimum atomic E-state index is -5.25. The summed E-state index contributed by atoms with van der Waals surface area (Å²) in [5, 5.41) is 51.4. The van der Waals surface area contributed by atoms with E-state index in [9.17, 15) is 38.5 Å². The van der Waals surface area contributed by atoms with Crippen LogP contribution in [-0.4, -0.2) is 102 Å². The van der Waals surface area contributed by atoms with E-state index in [0.717, 1.165) is 5.56 Å². The van der Waals surface area contributed by atoms with Gasteiger partial charge in [-0.25, -0.2) is 0 Å². The van der Waals surface area contributed by atoms with Crippen molar-refractivity contribution in [3.63, 3.8) is 0 Å². The summed E-state index contributed by atoms with van der Waals surface area (Å²) in [6.45, 7) is 1.21. The van der Waals surface area contributed by atoms with Crippen LogP contribution < -0.4 is 0 Å². The molecule has 13 heteroatoms. The third-order valence-corrected chi connectivity index (χ3v) is 12.9. The molecule has 0 amide bonds. The molecule has 3 rings (SSSR count). The van der Waals surface area contributed by atoms with Crippen LogP contribution >= 0.6 is 0 Å². The Morgan fingerprint density at radius 2 is 1.84 bits per heavy atom. The molecule has 9 atom stereocenters. The van der Waals surface area contributed by atoms with Crippen LogP contribution in [-0.2, 0) is 30.7 Å². The van der Waals surface area contributed by atoms with E-state index in [1.807, 2.05) is 6.07 Å². The second-order valence-electron chi connectivity index (χ2n) is 8.10. The summed E-state index contributed by atoms with van der Waals surface area (Å²) < 4.78 is 48.6. The summed E-state index contributed by atoms with van der Waals surface area (Å²) in [4.78, 5) is 0. The second kappa shape index (κ2) is 10.3. The molecule has 182 valence electrons. The molecular formula is C19H28O11SSe. The second-order valence-corrected chi connectivity index (χ2v) is 14.5. The Labute approximate surface area is 190 Å². The van der Waals surface area contributed by atoms with Crippen molar-refractivity contribution in [1.29, 1.82) is 0 Å². The van der Waals surface area contributed by atoms with E-state index in [-0.39, 0.29) is 17.2 Å². The molecule has 32 heavy (non-hydrogen) atoms. The first-order chi connectivity index (χ1) is 15.0. The normalized spacial score (nSPS) is 40.5. The Kier molecular flexibility index (Phi) is 8.35. The van der Waals surface area contributed by atoms with Crippen LogP contribution in [0, 0.1) is 0 Å². The maximum absolute atomic E-state index is 11.2. The minimum absolute atomic E-state index is 0.0267. The Morgan fingerprint density at radius 3 is 2.44 bits per heavy atom. The van der Waals surface area contributed by atoms with Crippen molar-refractivity contribution >= 4 is 24.3 Å². The molecule has 2 aliphatic heterocycles.